The maximum absolute atomic E-state index is 3.63. The predicted molar refractivity (Wildman–Crippen MR) is 76.6 cm³/mol. The molecular formula is C15H18BrN. The first kappa shape index (κ1) is 11.3. The van der Waals surface area contributed by atoms with Gasteiger partial charge in [0.2, 0.25) is 0 Å². The predicted octanol–water partition coefficient (Wildman–Crippen LogP) is 4.45. The standard InChI is InChI=1S/C15H18BrN/c1-11-14(16)7-4-8-15(11)17-9-12-5-2-3-6-13(12)10-17/h4,7-8H,2-3,5-6,9-10H2,1H3. The molecule has 1 aromatic carbocycles. The number of rotatable bonds is 1. The van der Waals surface area contributed by atoms with Gasteiger partial charge in [-0.05, 0) is 61.4 Å². The number of halogens is 1. The van der Waals surface area contributed by atoms with Crippen molar-refractivity contribution in [1.82, 2.24) is 0 Å². The molecule has 0 saturated heterocycles. The van der Waals surface area contributed by atoms with Crippen molar-refractivity contribution < 1.29 is 0 Å². The van der Waals surface area contributed by atoms with E-state index in [9.17, 15) is 0 Å². The summed E-state index contributed by atoms with van der Waals surface area (Å²) in [7, 11) is 0. The fourth-order valence-corrected chi connectivity index (χ4v) is 3.39. The Balaban J connectivity index is 1.86. The highest BCUT2D eigenvalue weighted by Gasteiger charge is 2.24. The number of hydrogen-bond donors (Lipinski definition) is 0. The molecule has 0 amide bonds. The van der Waals surface area contributed by atoms with Crippen LogP contribution in [0.3, 0.4) is 0 Å². The van der Waals surface area contributed by atoms with E-state index in [4.69, 9.17) is 0 Å². The lowest BCUT2D eigenvalue weighted by Gasteiger charge is -2.22. The molecule has 0 atom stereocenters. The molecule has 0 N–H and O–H groups in total. The molecule has 17 heavy (non-hydrogen) atoms. The van der Waals surface area contributed by atoms with Gasteiger partial charge in [0, 0.05) is 23.2 Å². The minimum atomic E-state index is 1.16. The van der Waals surface area contributed by atoms with Gasteiger partial charge in [-0.1, -0.05) is 22.0 Å². The Hall–Kier alpha value is -0.760. The molecule has 1 nitrogen and oxygen atoms in total. The fraction of sp³-hybridized carbons (Fsp3) is 0.467. The van der Waals surface area contributed by atoms with Crippen molar-refractivity contribution in [2.45, 2.75) is 32.6 Å². The van der Waals surface area contributed by atoms with Crippen LogP contribution in [0.4, 0.5) is 5.69 Å². The Morgan fingerprint density at radius 1 is 1.06 bits per heavy atom. The van der Waals surface area contributed by atoms with Gasteiger partial charge in [0.25, 0.3) is 0 Å². The Bertz CT molecular complexity index is 458. The van der Waals surface area contributed by atoms with Crippen molar-refractivity contribution in [2.24, 2.45) is 0 Å². The second-order valence-corrected chi connectivity index (χ2v) is 6.01. The fourth-order valence-electron chi connectivity index (χ4n) is 3.04. The Kier molecular flexibility index (Phi) is 2.99. The van der Waals surface area contributed by atoms with Crippen LogP contribution in [0.5, 0.6) is 0 Å². The second-order valence-electron chi connectivity index (χ2n) is 5.15. The Morgan fingerprint density at radius 2 is 1.71 bits per heavy atom. The molecule has 0 aromatic heterocycles. The molecule has 0 fully saturated rings. The molecular weight excluding hydrogens is 274 g/mol. The molecule has 0 unspecified atom stereocenters. The van der Waals surface area contributed by atoms with Crippen LogP contribution in [0.25, 0.3) is 0 Å². The normalized spacial score (nSPS) is 19.8. The number of anilines is 1. The van der Waals surface area contributed by atoms with Gasteiger partial charge in [0.05, 0.1) is 0 Å². The van der Waals surface area contributed by atoms with Crippen LogP contribution >= 0.6 is 15.9 Å². The van der Waals surface area contributed by atoms with Crippen molar-refractivity contribution in [1.29, 1.82) is 0 Å². The summed E-state index contributed by atoms with van der Waals surface area (Å²) in [5.41, 5.74) is 6.20. The van der Waals surface area contributed by atoms with E-state index in [0.29, 0.717) is 0 Å². The Labute approximate surface area is 112 Å². The molecule has 0 radical (unpaired) electrons. The van der Waals surface area contributed by atoms with Gasteiger partial charge in [-0.2, -0.15) is 0 Å². The van der Waals surface area contributed by atoms with Crippen molar-refractivity contribution in [2.75, 3.05) is 18.0 Å². The molecule has 1 heterocycles. The van der Waals surface area contributed by atoms with Gasteiger partial charge in [-0.3, -0.25) is 0 Å². The van der Waals surface area contributed by atoms with Gasteiger partial charge < -0.3 is 4.90 Å². The molecule has 0 spiro atoms. The van der Waals surface area contributed by atoms with E-state index in [1.807, 2.05) is 0 Å². The summed E-state index contributed by atoms with van der Waals surface area (Å²) in [6.45, 7) is 4.52. The van der Waals surface area contributed by atoms with E-state index in [-0.39, 0.29) is 0 Å². The maximum atomic E-state index is 3.63. The summed E-state index contributed by atoms with van der Waals surface area (Å²) in [5, 5.41) is 0. The molecule has 2 aliphatic rings. The molecule has 90 valence electrons. The summed E-state index contributed by atoms with van der Waals surface area (Å²) in [6, 6.07) is 6.52. The van der Waals surface area contributed by atoms with Gasteiger partial charge >= 0.3 is 0 Å². The van der Waals surface area contributed by atoms with Crippen LogP contribution in [-0.2, 0) is 0 Å². The van der Waals surface area contributed by atoms with Crippen LogP contribution in [0.1, 0.15) is 31.2 Å². The third-order valence-electron chi connectivity index (χ3n) is 4.05. The summed E-state index contributed by atoms with van der Waals surface area (Å²) in [6.07, 6.45) is 5.45. The molecule has 2 heteroatoms. The third kappa shape index (κ3) is 2.03. The first-order chi connectivity index (χ1) is 8.25. The molecule has 1 aliphatic heterocycles. The number of benzene rings is 1. The van der Waals surface area contributed by atoms with E-state index in [1.54, 1.807) is 11.1 Å². The Morgan fingerprint density at radius 3 is 2.35 bits per heavy atom. The highest BCUT2D eigenvalue weighted by molar-refractivity contribution is 9.10. The van der Waals surface area contributed by atoms with Crippen LogP contribution in [-0.4, -0.2) is 13.1 Å². The monoisotopic (exact) mass is 291 g/mol. The highest BCUT2D eigenvalue weighted by atomic mass is 79.9. The molecule has 1 aromatic rings. The average molecular weight is 292 g/mol. The second kappa shape index (κ2) is 4.49. The smallest absolute Gasteiger partial charge is 0.0413 e. The van der Waals surface area contributed by atoms with Gasteiger partial charge in [0.15, 0.2) is 0 Å². The van der Waals surface area contributed by atoms with E-state index in [2.05, 4.69) is 46.0 Å². The highest BCUT2D eigenvalue weighted by Crippen LogP contribution is 2.36. The minimum absolute atomic E-state index is 1.16. The zero-order valence-corrected chi connectivity index (χ0v) is 11.9. The zero-order valence-electron chi connectivity index (χ0n) is 10.3. The van der Waals surface area contributed by atoms with Crippen molar-refractivity contribution in [3.05, 3.63) is 39.4 Å². The van der Waals surface area contributed by atoms with Crippen molar-refractivity contribution >= 4 is 21.6 Å². The first-order valence-corrected chi connectivity index (χ1v) is 7.25. The van der Waals surface area contributed by atoms with Crippen molar-refractivity contribution in [3.63, 3.8) is 0 Å². The van der Waals surface area contributed by atoms with Gasteiger partial charge in [0.1, 0.15) is 0 Å². The van der Waals surface area contributed by atoms with Crippen LogP contribution in [0.2, 0.25) is 0 Å². The molecule has 3 rings (SSSR count). The summed E-state index contributed by atoms with van der Waals surface area (Å²) < 4.78 is 1.22. The lowest BCUT2D eigenvalue weighted by atomic mass is 9.94. The van der Waals surface area contributed by atoms with Crippen LogP contribution in [0, 0.1) is 6.92 Å². The zero-order chi connectivity index (χ0) is 11.8. The van der Waals surface area contributed by atoms with Crippen molar-refractivity contribution in [3.8, 4) is 0 Å². The lowest BCUT2D eigenvalue weighted by molar-refractivity contribution is 0.681. The quantitative estimate of drug-likeness (QED) is 0.691. The number of nitrogens with zero attached hydrogens (tertiary/aromatic N) is 1. The van der Waals surface area contributed by atoms with Gasteiger partial charge in [-0.25, -0.2) is 0 Å². The van der Waals surface area contributed by atoms with Gasteiger partial charge in [-0.15, -0.1) is 0 Å². The van der Waals surface area contributed by atoms with Crippen LogP contribution in [0.15, 0.2) is 33.8 Å². The summed E-state index contributed by atoms with van der Waals surface area (Å²) in [5.74, 6) is 0. The summed E-state index contributed by atoms with van der Waals surface area (Å²) >= 11 is 3.63. The van der Waals surface area contributed by atoms with E-state index in [0.717, 1.165) is 13.1 Å². The largest absolute Gasteiger partial charge is 0.363 e. The maximum Gasteiger partial charge on any atom is 0.0413 e. The molecule has 1 aliphatic carbocycles. The van der Waals surface area contributed by atoms with E-state index >= 15 is 0 Å². The van der Waals surface area contributed by atoms with E-state index < -0.39 is 0 Å². The number of hydrogen-bond acceptors (Lipinski definition) is 1. The molecule has 0 bridgehead atoms. The minimum Gasteiger partial charge on any atom is -0.363 e. The van der Waals surface area contributed by atoms with E-state index in [1.165, 1.54) is 41.4 Å². The first-order valence-electron chi connectivity index (χ1n) is 6.45. The molecule has 0 saturated carbocycles. The lowest BCUT2D eigenvalue weighted by Crippen LogP contribution is -2.21. The topological polar surface area (TPSA) is 3.24 Å². The summed E-state index contributed by atoms with van der Waals surface area (Å²) in [4.78, 5) is 2.54. The third-order valence-corrected chi connectivity index (χ3v) is 4.91. The average Bonchev–Trinajstić information content (AvgIpc) is 2.76. The SMILES string of the molecule is Cc1c(Br)cccc1N1CC2=C(CCCC2)C1. The van der Waals surface area contributed by atoms with Crippen LogP contribution < -0.4 is 4.90 Å².